The number of ether oxygens (including phenoxy) is 3. The van der Waals surface area contributed by atoms with Crippen LogP contribution in [0.15, 0.2) is 24.3 Å². The van der Waals surface area contributed by atoms with Gasteiger partial charge in [-0.15, -0.1) is 0 Å². The van der Waals surface area contributed by atoms with Crippen LogP contribution in [0.3, 0.4) is 0 Å². The summed E-state index contributed by atoms with van der Waals surface area (Å²) in [5.41, 5.74) is 1.11. The molecule has 1 aromatic rings. The molecule has 17 heavy (non-hydrogen) atoms. The normalized spacial score (nSPS) is 36.1. The minimum absolute atomic E-state index is 0.0156. The van der Waals surface area contributed by atoms with Gasteiger partial charge in [0.1, 0.15) is 0 Å². The van der Waals surface area contributed by atoms with Crippen LogP contribution >= 0.6 is 11.6 Å². The minimum atomic E-state index is -0.883. The van der Waals surface area contributed by atoms with Crippen LogP contribution in [-0.2, 0) is 20.6 Å². The number of fused-ring (bicyclic) bond motifs is 3. The molecule has 4 heteroatoms. The lowest BCUT2D eigenvalue weighted by molar-refractivity contribution is -0.464. The van der Waals surface area contributed by atoms with Gasteiger partial charge in [-0.25, -0.2) is 0 Å². The van der Waals surface area contributed by atoms with Crippen molar-refractivity contribution in [2.24, 2.45) is 5.41 Å². The van der Waals surface area contributed by atoms with Crippen molar-refractivity contribution in [3.8, 4) is 0 Å². The standard InChI is InChI=1S/C13H15ClO3/c1-12-7-15-13(16-8-12,17-9-12)6-10-2-4-11(14)5-3-10/h2-5H,6-9H2,1H3. The molecule has 0 saturated carbocycles. The highest BCUT2D eigenvalue weighted by molar-refractivity contribution is 6.30. The molecule has 3 aliphatic heterocycles. The van der Waals surface area contributed by atoms with Gasteiger partial charge in [0.05, 0.1) is 26.2 Å². The second-order valence-electron chi connectivity index (χ2n) is 5.16. The lowest BCUT2D eigenvalue weighted by atomic mass is 9.91. The predicted molar refractivity (Wildman–Crippen MR) is 63.9 cm³/mol. The van der Waals surface area contributed by atoms with E-state index in [0.717, 1.165) is 10.6 Å². The molecule has 0 atom stereocenters. The summed E-state index contributed by atoms with van der Waals surface area (Å²) in [6, 6.07) is 7.66. The Morgan fingerprint density at radius 1 is 1.06 bits per heavy atom. The number of hydrogen-bond donors (Lipinski definition) is 0. The molecule has 3 fully saturated rings. The Balaban J connectivity index is 1.75. The van der Waals surface area contributed by atoms with Crippen LogP contribution < -0.4 is 0 Å². The zero-order valence-electron chi connectivity index (χ0n) is 9.74. The Labute approximate surface area is 106 Å². The van der Waals surface area contributed by atoms with Crippen molar-refractivity contribution in [1.82, 2.24) is 0 Å². The molecule has 92 valence electrons. The summed E-state index contributed by atoms with van der Waals surface area (Å²) < 4.78 is 17.2. The zero-order chi connectivity index (χ0) is 11.9. The number of halogens is 1. The molecule has 1 aromatic carbocycles. The van der Waals surface area contributed by atoms with E-state index in [9.17, 15) is 0 Å². The Morgan fingerprint density at radius 2 is 1.59 bits per heavy atom. The van der Waals surface area contributed by atoms with Crippen molar-refractivity contribution < 1.29 is 14.2 Å². The van der Waals surface area contributed by atoms with E-state index in [1.165, 1.54) is 0 Å². The smallest absolute Gasteiger partial charge is 0.287 e. The third-order valence-corrected chi connectivity index (χ3v) is 3.51. The summed E-state index contributed by atoms with van der Waals surface area (Å²) in [5.74, 6) is -0.883. The van der Waals surface area contributed by atoms with Crippen LogP contribution in [0, 0.1) is 5.41 Å². The highest BCUT2D eigenvalue weighted by Gasteiger charge is 2.50. The van der Waals surface area contributed by atoms with Crippen molar-refractivity contribution in [3.63, 3.8) is 0 Å². The van der Waals surface area contributed by atoms with Gasteiger partial charge in [0, 0.05) is 10.4 Å². The Kier molecular flexibility index (Phi) is 2.67. The zero-order valence-corrected chi connectivity index (χ0v) is 10.5. The molecule has 3 aliphatic rings. The highest BCUT2D eigenvalue weighted by Crippen LogP contribution is 2.39. The summed E-state index contributed by atoms with van der Waals surface area (Å²) in [4.78, 5) is 0. The van der Waals surface area contributed by atoms with Gasteiger partial charge >= 0.3 is 0 Å². The second kappa shape index (κ2) is 3.95. The monoisotopic (exact) mass is 254 g/mol. The minimum Gasteiger partial charge on any atom is -0.326 e. The lowest BCUT2D eigenvalue weighted by Gasteiger charge is -2.50. The van der Waals surface area contributed by atoms with Crippen molar-refractivity contribution in [2.75, 3.05) is 19.8 Å². The summed E-state index contributed by atoms with van der Waals surface area (Å²) in [6.07, 6.45) is 0.597. The number of rotatable bonds is 2. The number of benzene rings is 1. The van der Waals surface area contributed by atoms with Crippen LogP contribution in [0.5, 0.6) is 0 Å². The maximum Gasteiger partial charge on any atom is 0.287 e. The van der Waals surface area contributed by atoms with Crippen LogP contribution in [0.1, 0.15) is 12.5 Å². The third-order valence-electron chi connectivity index (χ3n) is 3.26. The van der Waals surface area contributed by atoms with Gasteiger partial charge in [-0.1, -0.05) is 30.7 Å². The fourth-order valence-corrected chi connectivity index (χ4v) is 2.23. The molecule has 0 aliphatic carbocycles. The number of hydrogen-bond acceptors (Lipinski definition) is 3. The van der Waals surface area contributed by atoms with E-state index in [2.05, 4.69) is 6.92 Å². The molecular formula is C13H15ClO3. The Hall–Kier alpha value is -0.610. The lowest BCUT2D eigenvalue weighted by Crippen LogP contribution is -2.59. The van der Waals surface area contributed by atoms with E-state index in [4.69, 9.17) is 25.8 Å². The van der Waals surface area contributed by atoms with Crippen molar-refractivity contribution >= 4 is 11.6 Å². The van der Waals surface area contributed by atoms with Crippen LogP contribution in [0.4, 0.5) is 0 Å². The van der Waals surface area contributed by atoms with Crippen LogP contribution in [0.2, 0.25) is 5.02 Å². The van der Waals surface area contributed by atoms with Gasteiger partial charge in [-0.2, -0.15) is 0 Å². The van der Waals surface area contributed by atoms with E-state index in [1.807, 2.05) is 24.3 Å². The first-order chi connectivity index (χ1) is 8.09. The quantitative estimate of drug-likeness (QED) is 0.812. The fraction of sp³-hybridized carbons (Fsp3) is 0.538. The average molecular weight is 255 g/mol. The van der Waals surface area contributed by atoms with E-state index in [0.29, 0.717) is 26.2 Å². The average Bonchev–Trinajstić information content (AvgIpc) is 2.35. The van der Waals surface area contributed by atoms with Gasteiger partial charge in [0.15, 0.2) is 0 Å². The van der Waals surface area contributed by atoms with Crippen molar-refractivity contribution in [2.45, 2.75) is 19.3 Å². The molecule has 0 N–H and O–H groups in total. The van der Waals surface area contributed by atoms with Crippen molar-refractivity contribution in [3.05, 3.63) is 34.9 Å². The maximum absolute atomic E-state index is 5.86. The second-order valence-corrected chi connectivity index (χ2v) is 5.60. The van der Waals surface area contributed by atoms with E-state index >= 15 is 0 Å². The van der Waals surface area contributed by atoms with Gasteiger partial charge in [-0.3, -0.25) is 0 Å². The maximum atomic E-state index is 5.86. The molecule has 0 amide bonds. The molecular weight excluding hydrogens is 240 g/mol. The fourth-order valence-electron chi connectivity index (χ4n) is 2.11. The summed E-state index contributed by atoms with van der Waals surface area (Å²) in [7, 11) is 0. The molecule has 3 nitrogen and oxygen atoms in total. The molecule has 3 saturated heterocycles. The van der Waals surface area contributed by atoms with Gasteiger partial charge in [0.2, 0.25) is 0 Å². The molecule has 3 heterocycles. The molecule has 4 rings (SSSR count). The first-order valence-corrected chi connectivity index (χ1v) is 6.13. The topological polar surface area (TPSA) is 27.7 Å². The van der Waals surface area contributed by atoms with Gasteiger partial charge in [-0.05, 0) is 17.7 Å². The predicted octanol–water partition coefficient (Wildman–Crippen LogP) is 2.62. The third kappa shape index (κ3) is 2.20. The first-order valence-electron chi connectivity index (χ1n) is 5.76. The van der Waals surface area contributed by atoms with E-state index in [1.54, 1.807) is 0 Å². The molecule has 0 spiro atoms. The van der Waals surface area contributed by atoms with E-state index < -0.39 is 5.97 Å². The molecule has 0 unspecified atom stereocenters. The molecule has 0 radical (unpaired) electrons. The van der Waals surface area contributed by atoms with Crippen molar-refractivity contribution in [1.29, 1.82) is 0 Å². The van der Waals surface area contributed by atoms with E-state index in [-0.39, 0.29) is 5.41 Å². The SMILES string of the molecule is CC12COC(Cc3ccc(Cl)cc3)(OC1)OC2. The van der Waals surface area contributed by atoms with Gasteiger partial charge < -0.3 is 14.2 Å². The van der Waals surface area contributed by atoms with Crippen LogP contribution in [-0.4, -0.2) is 25.8 Å². The largest absolute Gasteiger partial charge is 0.326 e. The Bertz CT molecular complexity index is 391. The molecule has 2 bridgehead atoms. The molecule has 0 aromatic heterocycles. The van der Waals surface area contributed by atoms with Gasteiger partial charge in [0.25, 0.3) is 5.97 Å². The first kappa shape index (κ1) is 11.5. The summed E-state index contributed by atoms with van der Waals surface area (Å²) in [5, 5.41) is 0.730. The summed E-state index contributed by atoms with van der Waals surface area (Å²) >= 11 is 5.86. The van der Waals surface area contributed by atoms with Crippen LogP contribution in [0.25, 0.3) is 0 Å². The summed E-state index contributed by atoms with van der Waals surface area (Å²) in [6.45, 7) is 4.19. The Morgan fingerprint density at radius 3 is 2.12 bits per heavy atom. The highest BCUT2D eigenvalue weighted by atomic mass is 35.5.